The second-order valence-corrected chi connectivity index (χ2v) is 8.38. The molecule has 0 radical (unpaired) electrons. The first-order valence-electron chi connectivity index (χ1n) is 11.0. The quantitative estimate of drug-likeness (QED) is 0.115. The van der Waals surface area contributed by atoms with Crippen molar-refractivity contribution in [3.8, 4) is 11.5 Å². The molecule has 6 nitrogen and oxygen atoms in total. The molecule has 0 aliphatic carbocycles. The number of nitrogens with one attached hydrogen (secondary N) is 1. The van der Waals surface area contributed by atoms with E-state index in [0.717, 1.165) is 23.7 Å². The van der Waals surface area contributed by atoms with E-state index in [-0.39, 0.29) is 5.91 Å². The van der Waals surface area contributed by atoms with E-state index in [1.165, 1.54) is 31.9 Å². The maximum Gasteiger partial charge on any atom is 0.343 e. The van der Waals surface area contributed by atoms with E-state index in [2.05, 4.69) is 33.4 Å². The average Bonchev–Trinajstić information content (AvgIpc) is 2.80. The Morgan fingerprint density at radius 3 is 2.38 bits per heavy atom. The van der Waals surface area contributed by atoms with Crippen LogP contribution in [-0.2, 0) is 4.79 Å². The minimum atomic E-state index is -0.493. The maximum atomic E-state index is 12.5. The van der Waals surface area contributed by atoms with E-state index in [9.17, 15) is 9.59 Å². The molecule has 1 N–H and O–H groups in total. The third-order valence-corrected chi connectivity index (χ3v) is 5.39. The number of methoxy groups -OCH3 is 1. The molecular weight excluding hydrogens is 472 g/mol. The Balaban J connectivity index is 1.87. The van der Waals surface area contributed by atoms with Gasteiger partial charge in [0.2, 0.25) is 5.91 Å². The number of esters is 1. The Kier molecular flexibility index (Phi) is 11.5. The summed E-state index contributed by atoms with van der Waals surface area (Å²) in [6.07, 6.45) is 10.0. The van der Waals surface area contributed by atoms with Gasteiger partial charge in [0.05, 0.1) is 18.9 Å². The molecule has 2 rings (SSSR count). The zero-order valence-corrected chi connectivity index (χ0v) is 20.3. The molecule has 0 aliphatic rings. The van der Waals surface area contributed by atoms with Gasteiger partial charge in [-0.3, -0.25) is 4.79 Å². The molecule has 0 atom stereocenters. The number of carbonyl (C=O) groups excluding carboxylic acids is 2. The van der Waals surface area contributed by atoms with Gasteiger partial charge in [-0.1, -0.05) is 61.4 Å². The molecule has 0 bridgehead atoms. The van der Waals surface area contributed by atoms with Crippen molar-refractivity contribution in [1.82, 2.24) is 5.43 Å². The second-order valence-electron chi connectivity index (χ2n) is 7.46. The maximum absolute atomic E-state index is 12.5. The summed E-state index contributed by atoms with van der Waals surface area (Å²) in [5.74, 6) is 0.388. The van der Waals surface area contributed by atoms with E-state index in [0.29, 0.717) is 29.0 Å². The SMILES string of the molecule is CCCCCCCCCC(=O)N/N=C/c1cc(Br)ccc1OC(=O)c1ccc(OC)cc1. The fourth-order valence-electron chi connectivity index (χ4n) is 3.07. The predicted octanol–water partition coefficient (Wildman–Crippen LogP) is 6.27. The van der Waals surface area contributed by atoms with Crippen molar-refractivity contribution in [3.05, 3.63) is 58.1 Å². The van der Waals surface area contributed by atoms with Crippen LogP contribution in [0.4, 0.5) is 0 Å². The number of rotatable bonds is 13. The molecule has 0 saturated heterocycles. The fourth-order valence-corrected chi connectivity index (χ4v) is 3.45. The second kappa shape index (κ2) is 14.4. The van der Waals surface area contributed by atoms with Gasteiger partial charge in [0, 0.05) is 16.5 Å². The van der Waals surface area contributed by atoms with Gasteiger partial charge in [0.15, 0.2) is 0 Å². The molecule has 0 unspecified atom stereocenters. The fraction of sp³-hybridized carbons (Fsp3) is 0.400. The van der Waals surface area contributed by atoms with E-state index >= 15 is 0 Å². The van der Waals surface area contributed by atoms with Crippen LogP contribution in [0.25, 0.3) is 0 Å². The average molecular weight is 503 g/mol. The van der Waals surface area contributed by atoms with Crippen LogP contribution in [0.1, 0.15) is 74.2 Å². The van der Waals surface area contributed by atoms with E-state index < -0.39 is 5.97 Å². The molecule has 1 amide bonds. The van der Waals surface area contributed by atoms with Crippen molar-refractivity contribution in [2.24, 2.45) is 5.10 Å². The summed E-state index contributed by atoms with van der Waals surface area (Å²) in [4.78, 5) is 24.5. The summed E-state index contributed by atoms with van der Waals surface area (Å²) in [7, 11) is 1.56. The molecule has 2 aromatic carbocycles. The highest BCUT2D eigenvalue weighted by molar-refractivity contribution is 9.10. The number of carbonyl (C=O) groups is 2. The standard InChI is InChI=1S/C25H31BrN2O4/c1-3-4-5-6-7-8-9-10-24(29)28-27-18-20-17-21(26)13-16-23(20)32-25(30)19-11-14-22(31-2)15-12-19/h11-18H,3-10H2,1-2H3,(H,28,29)/b27-18+. The van der Waals surface area contributed by atoms with E-state index in [4.69, 9.17) is 9.47 Å². The Morgan fingerprint density at radius 1 is 1.00 bits per heavy atom. The summed E-state index contributed by atoms with van der Waals surface area (Å²) in [6.45, 7) is 2.20. The van der Waals surface area contributed by atoms with Crippen LogP contribution in [-0.4, -0.2) is 25.2 Å². The smallest absolute Gasteiger partial charge is 0.343 e. The summed E-state index contributed by atoms with van der Waals surface area (Å²) in [5, 5.41) is 4.03. The number of hydrazone groups is 1. The summed E-state index contributed by atoms with van der Waals surface area (Å²) in [5.41, 5.74) is 3.52. The lowest BCUT2D eigenvalue weighted by atomic mass is 10.1. The minimum absolute atomic E-state index is 0.124. The lowest BCUT2D eigenvalue weighted by molar-refractivity contribution is -0.121. The first-order chi connectivity index (χ1) is 15.5. The highest BCUT2D eigenvalue weighted by atomic mass is 79.9. The van der Waals surface area contributed by atoms with Gasteiger partial charge >= 0.3 is 5.97 Å². The number of benzene rings is 2. The Bertz CT molecular complexity index is 897. The molecule has 0 spiro atoms. The monoisotopic (exact) mass is 502 g/mol. The van der Waals surface area contributed by atoms with Crippen molar-refractivity contribution in [2.75, 3.05) is 7.11 Å². The molecule has 0 heterocycles. The predicted molar refractivity (Wildman–Crippen MR) is 130 cm³/mol. The Labute approximate surface area is 198 Å². The van der Waals surface area contributed by atoms with Gasteiger partial charge in [0.25, 0.3) is 0 Å². The number of halogens is 1. The van der Waals surface area contributed by atoms with Gasteiger partial charge in [-0.15, -0.1) is 0 Å². The number of unbranched alkanes of at least 4 members (excludes halogenated alkanes) is 6. The molecule has 0 saturated carbocycles. The molecular formula is C25H31BrN2O4. The zero-order valence-electron chi connectivity index (χ0n) is 18.7. The van der Waals surface area contributed by atoms with Crippen LogP contribution in [0.3, 0.4) is 0 Å². The summed E-state index contributed by atoms with van der Waals surface area (Å²) >= 11 is 3.41. The first kappa shape index (κ1) is 25.6. The number of hydrogen-bond acceptors (Lipinski definition) is 5. The van der Waals surface area contributed by atoms with Crippen LogP contribution in [0, 0.1) is 0 Å². The van der Waals surface area contributed by atoms with Crippen molar-refractivity contribution in [3.63, 3.8) is 0 Å². The van der Waals surface area contributed by atoms with Crippen molar-refractivity contribution < 1.29 is 19.1 Å². The Hall–Kier alpha value is -2.67. The minimum Gasteiger partial charge on any atom is -0.497 e. The molecule has 0 fully saturated rings. The van der Waals surface area contributed by atoms with Crippen LogP contribution in [0.5, 0.6) is 11.5 Å². The molecule has 7 heteroatoms. The molecule has 0 aromatic heterocycles. The van der Waals surface area contributed by atoms with Gasteiger partial charge in [-0.25, -0.2) is 10.2 Å². The lowest BCUT2D eigenvalue weighted by Gasteiger charge is -2.08. The van der Waals surface area contributed by atoms with Gasteiger partial charge in [0.1, 0.15) is 11.5 Å². The molecule has 2 aromatic rings. The number of hydrogen-bond donors (Lipinski definition) is 1. The third-order valence-electron chi connectivity index (χ3n) is 4.90. The largest absolute Gasteiger partial charge is 0.497 e. The molecule has 172 valence electrons. The Morgan fingerprint density at radius 2 is 1.69 bits per heavy atom. The highest BCUT2D eigenvalue weighted by Gasteiger charge is 2.12. The lowest BCUT2D eigenvalue weighted by Crippen LogP contribution is -2.17. The third kappa shape index (κ3) is 9.22. The van der Waals surface area contributed by atoms with E-state index in [1.807, 2.05) is 0 Å². The first-order valence-corrected chi connectivity index (χ1v) is 11.8. The van der Waals surface area contributed by atoms with Crippen LogP contribution in [0.15, 0.2) is 52.0 Å². The molecule has 0 aliphatic heterocycles. The zero-order chi connectivity index (χ0) is 23.2. The number of nitrogens with zero attached hydrogens (tertiary/aromatic N) is 1. The van der Waals surface area contributed by atoms with Gasteiger partial charge < -0.3 is 9.47 Å². The van der Waals surface area contributed by atoms with Crippen molar-refractivity contribution in [1.29, 1.82) is 0 Å². The normalized spacial score (nSPS) is 10.8. The van der Waals surface area contributed by atoms with Crippen molar-refractivity contribution in [2.45, 2.75) is 58.3 Å². The van der Waals surface area contributed by atoms with Gasteiger partial charge in [-0.2, -0.15) is 5.10 Å². The topological polar surface area (TPSA) is 77.0 Å². The number of amides is 1. The van der Waals surface area contributed by atoms with Crippen LogP contribution >= 0.6 is 15.9 Å². The van der Waals surface area contributed by atoms with Crippen LogP contribution in [0.2, 0.25) is 0 Å². The van der Waals surface area contributed by atoms with Crippen molar-refractivity contribution >= 4 is 34.0 Å². The van der Waals surface area contributed by atoms with Crippen LogP contribution < -0.4 is 14.9 Å². The van der Waals surface area contributed by atoms with Gasteiger partial charge in [-0.05, 0) is 48.9 Å². The summed E-state index contributed by atoms with van der Waals surface area (Å²) in [6, 6.07) is 11.9. The number of ether oxygens (including phenoxy) is 2. The highest BCUT2D eigenvalue weighted by Crippen LogP contribution is 2.23. The summed E-state index contributed by atoms with van der Waals surface area (Å²) < 4.78 is 11.4. The van der Waals surface area contributed by atoms with E-state index in [1.54, 1.807) is 49.6 Å². The molecule has 32 heavy (non-hydrogen) atoms.